The topological polar surface area (TPSA) is 50.7 Å². The number of hydrogen-bond acceptors (Lipinski definition) is 4. The van der Waals surface area contributed by atoms with Crippen molar-refractivity contribution in [2.24, 2.45) is 0 Å². The quantitative estimate of drug-likeness (QED) is 0.889. The van der Waals surface area contributed by atoms with Crippen LogP contribution in [-0.2, 0) is 12.8 Å². The molecular formula is C17H17NO3. The van der Waals surface area contributed by atoms with Crippen molar-refractivity contribution in [2.75, 3.05) is 13.3 Å². The number of fused-ring (bicyclic) bond motifs is 2. The zero-order chi connectivity index (χ0) is 14.2. The highest BCUT2D eigenvalue weighted by molar-refractivity contribution is 5.51. The van der Waals surface area contributed by atoms with Crippen LogP contribution in [0, 0.1) is 0 Å². The lowest BCUT2D eigenvalue weighted by Gasteiger charge is -2.27. The molecule has 21 heavy (non-hydrogen) atoms. The lowest BCUT2D eigenvalue weighted by molar-refractivity contribution is 0.174. The predicted molar refractivity (Wildman–Crippen MR) is 78.8 cm³/mol. The van der Waals surface area contributed by atoms with Gasteiger partial charge in [-0.1, -0.05) is 12.1 Å². The second-order valence-electron chi connectivity index (χ2n) is 5.53. The molecule has 4 rings (SSSR count). The van der Waals surface area contributed by atoms with E-state index >= 15 is 0 Å². The molecule has 2 aliphatic heterocycles. The fourth-order valence-corrected chi connectivity index (χ4v) is 3.08. The minimum absolute atomic E-state index is 0.271. The van der Waals surface area contributed by atoms with E-state index in [1.807, 2.05) is 12.1 Å². The number of nitrogens with one attached hydrogen (secondary N) is 1. The fraction of sp³-hybridized carbons (Fsp3) is 0.294. The lowest BCUT2D eigenvalue weighted by atomic mass is 9.90. The van der Waals surface area contributed by atoms with Crippen molar-refractivity contribution in [3.8, 4) is 17.2 Å². The molecule has 2 N–H and O–H groups in total. The molecule has 0 amide bonds. The summed E-state index contributed by atoms with van der Waals surface area (Å²) >= 11 is 0. The van der Waals surface area contributed by atoms with Gasteiger partial charge in [-0.25, -0.2) is 0 Å². The van der Waals surface area contributed by atoms with Crippen LogP contribution in [0.2, 0.25) is 0 Å². The summed E-state index contributed by atoms with van der Waals surface area (Å²) in [6.45, 7) is 1.28. The summed E-state index contributed by atoms with van der Waals surface area (Å²) in [5.41, 5.74) is 3.83. The molecule has 1 unspecified atom stereocenters. The molecule has 4 nitrogen and oxygen atoms in total. The smallest absolute Gasteiger partial charge is 0.231 e. The number of benzene rings is 2. The van der Waals surface area contributed by atoms with E-state index in [1.54, 1.807) is 12.1 Å². The van der Waals surface area contributed by atoms with Crippen molar-refractivity contribution in [3.05, 3.63) is 53.1 Å². The monoisotopic (exact) mass is 283 g/mol. The third-order valence-electron chi connectivity index (χ3n) is 4.17. The second-order valence-corrected chi connectivity index (χ2v) is 5.53. The normalized spacial score (nSPS) is 19.3. The Hall–Kier alpha value is -2.20. The van der Waals surface area contributed by atoms with Crippen LogP contribution in [0.15, 0.2) is 36.4 Å². The molecule has 0 spiro atoms. The minimum Gasteiger partial charge on any atom is -0.508 e. The van der Waals surface area contributed by atoms with Crippen molar-refractivity contribution in [1.29, 1.82) is 0 Å². The molecule has 2 aromatic rings. The van der Waals surface area contributed by atoms with Crippen molar-refractivity contribution in [3.63, 3.8) is 0 Å². The molecule has 0 aromatic heterocycles. The maximum absolute atomic E-state index is 9.38. The second kappa shape index (κ2) is 4.97. The lowest BCUT2D eigenvalue weighted by Crippen LogP contribution is -2.31. The Kier molecular flexibility index (Phi) is 2.97. The number of rotatable bonds is 2. The van der Waals surface area contributed by atoms with Gasteiger partial charge < -0.3 is 19.9 Å². The summed E-state index contributed by atoms with van der Waals surface area (Å²) in [5.74, 6) is 2.01. The average molecular weight is 283 g/mol. The van der Waals surface area contributed by atoms with Crippen molar-refractivity contribution in [1.82, 2.24) is 5.32 Å². The van der Waals surface area contributed by atoms with Crippen LogP contribution >= 0.6 is 0 Å². The van der Waals surface area contributed by atoms with Crippen LogP contribution in [0.5, 0.6) is 17.2 Å². The maximum atomic E-state index is 9.38. The molecule has 4 heteroatoms. The summed E-state index contributed by atoms with van der Waals surface area (Å²) in [6.07, 6.45) is 1.91. The van der Waals surface area contributed by atoms with E-state index in [0.29, 0.717) is 12.5 Å². The van der Waals surface area contributed by atoms with Crippen LogP contribution < -0.4 is 14.8 Å². The number of phenols is 1. The van der Waals surface area contributed by atoms with E-state index in [-0.39, 0.29) is 6.04 Å². The van der Waals surface area contributed by atoms with E-state index in [1.165, 1.54) is 16.7 Å². The molecule has 1 atom stereocenters. The number of ether oxygens (including phenoxy) is 2. The predicted octanol–water partition coefficient (Wildman–Crippen LogP) is 2.55. The Labute approximate surface area is 123 Å². The Morgan fingerprint density at radius 2 is 1.86 bits per heavy atom. The summed E-state index contributed by atoms with van der Waals surface area (Å²) in [6, 6.07) is 11.9. The third-order valence-corrected chi connectivity index (χ3v) is 4.17. The van der Waals surface area contributed by atoms with Crippen molar-refractivity contribution < 1.29 is 14.6 Å². The van der Waals surface area contributed by atoms with Crippen LogP contribution in [0.1, 0.15) is 22.7 Å². The molecule has 108 valence electrons. The van der Waals surface area contributed by atoms with Crippen molar-refractivity contribution >= 4 is 0 Å². The van der Waals surface area contributed by atoms with Crippen LogP contribution in [0.3, 0.4) is 0 Å². The molecule has 0 radical (unpaired) electrons. The van der Waals surface area contributed by atoms with E-state index in [2.05, 4.69) is 17.4 Å². The first kappa shape index (κ1) is 12.5. The summed E-state index contributed by atoms with van der Waals surface area (Å²) < 4.78 is 11.0. The Balaban J connectivity index is 1.65. The molecule has 0 bridgehead atoms. The standard InChI is InChI=1S/C17H17NO3/c19-13-3-1-11(2-4-13)7-15-14-9-17-16(20-10-21-17)8-12(14)5-6-18-15/h1-4,8-9,15,18-19H,5-7,10H2. The highest BCUT2D eigenvalue weighted by Crippen LogP contribution is 2.38. The Morgan fingerprint density at radius 1 is 1.10 bits per heavy atom. The molecular weight excluding hydrogens is 266 g/mol. The van der Waals surface area contributed by atoms with Gasteiger partial charge >= 0.3 is 0 Å². The largest absolute Gasteiger partial charge is 0.508 e. The fourth-order valence-electron chi connectivity index (χ4n) is 3.08. The average Bonchev–Trinajstić information content (AvgIpc) is 2.95. The first-order valence-electron chi connectivity index (χ1n) is 7.23. The molecule has 2 aromatic carbocycles. The SMILES string of the molecule is Oc1ccc(CC2NCCc3cc4c(cc32)OCO4)cc1. The van der Waals surface area contributed by atoms with Gasteiger partial charge in [0, 0.05) is 6.04 Å². The van der Waals surface area contributed by atoms with Gasteiger partial charge in [-0.3, -0.25) is 0 Å². The van der Waals surface area contributed by atoms with Crippen molar-refractivity contribution in [2.45, 2.75) is 18.9 Å². The zero-order valence-corrected chi connectivity index (χ0v) is 11.6. The van der Waals surface area contributed by atoms with Gasteiger partial charge in [0.1, 0.15) is 5.75 Å². The number of aromatic hydroxyl groups is 1. The van der Waals surface area contributed by atoms with Gasteiger partial charge in [-0.15, -0.1) is 0 Å². The molecule has 0 saturated carbocycles. The van der Waals surface area contributed by atoms with E-state index in [9.17, 15) is 5.11 Å². The molecule has 0 fully saturated rings. The van der Waals surface area contributed by atoms with E-state index in [4.69, 9.17) is 9.47 Å². The summed E-state index contributed by atoms with van der Waals surface area (Å²) in [5, 5.41) is 13.0. The van der Waals surface area contributed by atoms with Crippen LogP contribution in [0.25, 0.3) is 0 Å². The Morgan fingerprint density at radius 3 is 2.67 bits per heavy atom. The highest BCUT2D eigenvalue weighted by atomic mass is 16.7. The highest BCUT2D eigenvalue weighted by Gasteiger charge is 2.24. The third kappa shape index (κ3) is 2.32. The molecule has 0 aliphatic carbocycles. The van der Waals surface area contributed by atoms with Gasteiger partial charge in [-0.2, -0.15) is 0 Å². The number of phenolic OH excluding ortho intramolecular Hbond substituents is 1. The van der Waals surface area contributed by atoms with Gasteiger partial charge in [0.25, 0.3) is 0 Å². The van der Waals surface area contributed by atoms with Gasteiger partial charge in [0.15, 0.2) is 11.5 Å². The molecule has 2 aliphatic rings. The first-order chi connectivity index (χ1) is 10.3. The van der Waals surface area contributed by atoms with Gasteiger partial charge in [-0.05, 0) is 60.3 Å². The Bertz CT molecular complexity index is 666. The van der Waals surface area contributed by atoms with E-state index in [0.717, 1.165) is 30.9 Å². The first-order valence-corrected chi connectivity index (χ1v) is 7.23. The summed E-state index contributed by atoms with van der Waals surface area (Å²) in [4.78, 5) is 0. The minimum atomic E-state index is 0.271. The van der Waals surface area contributed by atoms with E-state index < -0.39 is 0 Å². The van der Waals surface area contributed by atoms with Gasteiger partial charge in [0.2, 0.25) is 6.79 Å². The van der Waals surface area contributed by atoms with Crippen LogP contribution in [-0.4, -0.2) is 18.4 Å². The molecule has 2 heterocycles. The van der Waals surface area contributed by atoms with Crippen LogP contribution in [0.4, 0.5) is 0 Å². The maximum Gasteiger partial charge on any atom is 0.231 e. The van der Waals surface area contributed by atoms with Gasteiger partial charge in [0.05, 0.1) is 0 Å². The number of hydrogen-bond donors (Lipinski definition) is 2. The molecule has 0 saturated heterocycles. The zero-order valence-electron chi connectivity index (χ0n) is 11.6. The summed E-state index contributed by atoms with van der Waals surface area (Å²) in [7, 11) is 0.